The highest BCUT2D eigenvalue weighted by Crippen LogP contribution is 2.28. The predicted octanol–water partition coefficient (Wildman–Crippen LogP) is 4.87. The average Bonchev–Trinajstić information content (AvgIpc) is 3.54. The monoisotopic (exact) mass is 423 g/mol. The summed E-state index contributed by atoms with van der Waals surface area (Å²) in [5, 5.41) is 11.9. The van der Waals surface area contributed by atoms with E-state index in [4.69, 9.17) is 4.42 Å². The van der Waals surface area contributed by atoms with Crippen LogP contribution < -0.4 is 0 Å². The zero-order valence-electron chi connectivity index (χ0n) is 15.9. The highest BCUT2D eigenvalue weighted by atomic mass is 32.2. The lowest BCUT2D eigenvalue weighted by atomic mass is 10.3. The fourth-order valence-corrected chi connectivity index (χ4v) is 5.00. The number of likely N-dealkylation sites (tertiary alicyclic amines) is 1. The number of hydrogen-bond acceptors (Lipinski definition) is 7. The minimum Gasteiger partial charge on any atom is -0.444 e. The summed E-state index contributed by atoms with van der Waals surface area (Å²) in [5.41, 5.74) is 2.00. The molecule has 0 atom stereocenters. The third-order valence-corrected chi connectivity index (χ3v) is 6.73. The van der Waals surface area contributed by atoms with Gasteiger partial charge in [-0.25, -0.2) is 4.98 Å². The Kier molecular flexibility index (Phi) is 5.47. The number of oxazole rings is 1. The number of nitrogens with zero attached hydrogens (tertiary/aromatic N) is 5. The van der Waals surface area contributed by atoms with Crippen molar-refractivity contribution >= 4 is 23.1 Å². The molecular formula is C21H21N5OS2. The first-order valence-corrected chi connectivity index (χ1v) is 11.6. The van der Waals surface area contributed by atoms with Gasteiger partial charge in [0.2, 0.25) is 5.89 Å². The van der Waals surface area contributed by atoms with Crippen molar-refractivity contribution in [3.8, 4) is 16.5 Å². The molecular weight excluding hydrogens is 402 g/mol. The normalized spacial score (nSPS) is 14.6. The van der Waals surface area contributed by atoms with Crippen LogP contribution in [-0.4, -0.2) is 37.7 Å². The Bertz CT molecular complexity index is 1050. The van der Waals surface area contributed by atoms with Crippen molar-refractivity contribution in [3.05, 3.63) is 65.6 Å². The molecule has 1 aliphatic heterocycles. The van der Waals surface area contributed by atoms with Crippen LogP contribution >= 0.6 is 23.1 Å². The van der Waals surface area contributed by atoms with Gasteiger partial charge < -0.3 is 4.42 Å². The maximum atomic E-state index is 5.64. The summed E-state index contributed by atoms with van der Waals surface area (Å²) in [7, 11) is 0. The number of benzene rings is 1. The van der Waals surface area contributed by atoms with Gasteiger partial charge in [-0.2, -0.15) is 0 Å². The number of thiophene rings is 1. The third kappa shape index (κ3) is 4.14. The summed E-state index contributed by atoms with van der Waals surface area (Å²) in [5.74, 6) is 2.35. The molecule has 4 heterocycles. The number of thioether (sulfide) groups is 1. The summed E-state index contributed by atoms with van der Waals surface area (Å²) in [6, 6.07) is 14.4. The van der Waals surface area contributed by atoms with Crippen molar-refractivity contribution in [3.63, 3.8) is 0 Å². The molecule has 4 aromatic rings. The van der Waals surface area contributed by atoms with Gasteiger partial charge in [0.1, 0.15) is 6.26 Å². The SMILES string of the molecule is c1ccc(-n2c(CN3CCCC3)nnc2SCc2coc(-c3cccs3)n2)cc1. The second kappa shape index (κ2) is 8.52. The molecule has 1 saturated heterocycles. The molecule has 148 valence electrons. The van der Waals surface area contributed by atoms with E-state index in [9.17, 15) is 0 Å². The molecule has 1 aliphatic rings. The van der Waals surface area contributed by atoms with Crippen LogP contribution in [0.5, 0.6) is 0 Å². The van der Waals surface area contributed by atoms with Gasteiger partial charge in [-0.1, -0.05) is 36.0 Å². The molecule has 0 bridgehead atoms. The van der Waals surface area contributed by atoms with Gasteiger partial charge >= 0.3 is 0 Å². The summed E-state index contributed by atoms with van der Waals surface area (Å²) in [6.45, 7) is 3.10. The van der Waals surface area contributed by atoms with Crippen molar-refractivity contribution in [1.82, 2.24) is 24.6 Å². The largest absolute Gasteiger partial charge is 0.444 e. The van der Waals surface area contributed by atoms with Gasteiger partial charge in [-0.3, -0.25) is 9.47 Å². The van der Waals surface area contributed by atoms with Gasteiger partial charge in [-0.15, -0.1) is 21.5 Å². The first kappa shape index (κ1) is 18.6. The van der Waals surface area contributed by atoms with Crippen LogP contribution in [0.15, 0.2) is 63.7 Å². The van der Waals surface area contributed by atoms with E-state index in [1.54, 1.807) is 29.4 Å². The lowest BCUT2D eigenvalue weighted by Gasteiger charge is -2.15. The van der Waals surface area contributed by atoms with Crippen LogP contribution in [0.25, 0.3) is 16.5 Å². The van der Waals surface area contributed by atoms with Crippen LogP contribution in [0.3, 0.4) is 0 Å². The standard InChI is InChI=1S/C21H21N5OS2/c1-2-7-17(8-3-1)26-19(13-25-10-4-5-11-25)23-24-21(26)29-15-16-14-27-20(22-16)18-9-6-12-28-18/h1-3,6-9,12,14H,4-5,10-11,13,15H2. The first-order chi connectivity index (χ1) is 14.4. The van der Waals surface area contributed by atoms with Gasteiger partial charge in [0.15, 0.2) is 11.0 Å². The summed E-state index contributed by atoms with van der Waals surface area (Å²) < 4.78 is 7.81. The van der Waals surface area contributed by atoms with Gasteiger partial charge in [0.25, 0.3) is 0 Å². The molecule has 0 spiro atoms. The molecule has 0 N–H and O–H groups in total. The molecule has 0 aliphatic carbocycles. The van der Waals surface area contributed by atoms with Gasteiger partial charge in [-0.05, 0) is 49.5 Å². The average molecular weight is 424 g/mol. The highest BCUT2D eigenvalue weighted by Gasteiger charge is 2.20. The quantitative estimate of drug-likeness (QED) is 0.395. The van der Waals surface area contributed by atoms with Crippen LogP contribution in [0.4, 0.5) is 0 Å². The Morgan fingerprint density at radius 3 is 2.69 bits per heavy atom. The van der Waals surface area contributed by atoms with E-state index in [-0.39, 0.29) is 0 Å². The van der Waals surface area contributed by atoms with E-state index in [1.807, 2.05) is 35.7 Å². The molecule has 1 fully saturated rings. The summed E-state index contributed by atoms with van der Waals surface area (Å²) in [4.78, 5) is 8.11. The summed E-state index contributed by atoms with van der Waals surface area (Å²) in [6.07, 6.45) is 4.26. The zero-order chi connectivity index (χ0) is 19.5. The third-order valence-electron chi connectivity index (χ3n) is 4.91. The van der Waals surface area contributed by atoms with E-state index in [0.29, 0.717) is 11.6 Å². The maximum absolute atomic E-state index is 5.64. The molecule has 0 saturated carbocycles. The lowest BCUT2D eigenvalue weighted by Crippen LogP contribution is -2.21. The highest BCUT2D eigenvalue weighted by molar-refractivity contribution is 7.98. The molecule has 6 nitrogen and oxygen atoms in total. The number of para-hydroxylation sites is 1. The van der Waals surface area contributed by atoms with Crippen molar-refractivity contribution in [1.29, 1.82) is 0 Å². The van der Waals surface area contributed by atoms with Crippen LogP contribution in [0.1, 0.15) is 24.4 Å². The topological polar surface area (TPSA) is 60.0 Å². The Hall–Kier alpha value is -2.42. The maximum Gasteiger partial charge on any atom is 0.236 e. The van der Waals surface area contributed by atoms with Crippen molar-refractivity contribution in [2.45, 2.75) is 30.3 Å². The molecule has 29 heavy (non-hydrogen) atoms. The minimum atomic E-state index is 0.676. The molecule has 5 rings (SSSR count). The summed E-state index contributed by atoms with van der Waals surface area (Å²) >= 11 is 3.26. The fourth-order valence-electron chi connectivity index (χ4n) is 3.50. The van der Waals surface area contributed by atoms with E-state index < -0.39 is 0 Å². The van der Waals surface area contributed by atoms with E-state index in [1.165, 1.54) is 12.8 Å². The van der Waals surface area contributed by atoms with E-state index in [2.05, 4.69) is 36.8 Å². The van der Waals surface area contributed by atoms with Crippen molar-refractivity contribution in [2.75, 3.05) is 13.1 Å². The van der Waals surface area contributed by atoms with Crippen molar-refractivity contribution in [2.24, 2.45) is 0 Å². The van der Waals surface area contributed by atoms with Crippen LogP contribution in [-0.2, 0) is 12.3 Å². The zero-order valence-corrected chi connectivity index (χ0v) is 17.5. The number of rotatable bonds is 7. The Morgan fingerprint density at radius 2 is 1.90 bits per heavy atom. The van der Waals surface area contributed by atoms with Crippen LogP contribution in [0, 0.1) is 0 Å². The molecule has 1 aromatic carbocycles. The van der Waals surface area contributed by atoms with Crippen LogP contribution in [0.2, 0.25) is 0 Å². The van der Waals surface area contributed by atoms with Gasteiger partial charge in [0, 0.05) is 11.4 Å². The second-order valence-electron chi connectivity index (χ2n) is 6.96. The smallest absolute Gasteiger partial charge is 0.236 e. The number of aromatic nitrogens is 4. The van der Waals surface area contributed by atoms with Crippen molar-refractivity contribution < 1.29 is 4.42 Å². The predicted molar refractivity (Wildman–Crippen MR) is 115 cm³/mol. The minimum absolute atomic E-state index is 0.676. The molecule has 8 heteroatoms. The Balaban J connectivity index is 1.37. The molecule has 0 unspecified atom stereocenters. The Morgan fingerprint density at radius 1 is 1.03 bits per heavy atom. The first-order valence-electron chi connectivity index (χ1n) is 9.70. The van der Waals surface area contributed by atoms with Gasteiger partial charge in [0.05, 0.1) is 17.1 Å². The molecule has 0 radical (unpaired) electrons. The fraction of sp³-hybridized carbons (Fsp3) is 0.286. The van der Waals surface area contributed by atoms with E-state index in [0.717, 1.165) is 46.9 Å². The van der Waals surface area contributed by atoms with E-state index >= 15 is 0 Å². The lowest BCUT2D eigenvalue weighted by molar-refractivity contribution is 0.319. The number of hydrogen-bond donors (Lipinski definition) is 0. The molecule has 0 amide bonds. The Labute approximate surface area is 177 Å². The second-order valence-corrected chi connectivity index (χ2v) is 8.85. The molecule has 3 aromatic heterocycles.